The number of carbonyl (C=O) groups is 1. The fourth-order valence-corrected chi connectivity index (χ4v) is 2.56. The van der Waals surface area contributed by atoms with Crippen molar-refractivity contribution < 1.29 is 9.53 Å². The zero-order valence-corrected chi connectivity index (χ0v) is 12.4. The number of hydrogen-bond acceptors (Lipinski definition) is 3. The summed E-state index contributed by atoms with van der Waals surface area (Å²) in [6.45, 7) is 1.12. The van der Waals surface area contributed by atoms with Crippen LogP contribution in [-0.4, -0.2) is 25.1 Å². The Morgan fingerprint density at radius 1 is 1.35 bits per heavy atom. The molecule has 2 amide bonds. The van der Waals surface area contributed by atoms with Gasteiger partial charge in [0.25, 0.3) is 0 Å². The third-order valence-electron chi connectivity index (χ3n) is 2.90. The normalized spacial score (nSPS) is 10.1. The van der Waals surface area contributed by atoms with Crippen LogP contribution >= 0.6 is 11.3 Å². The maximum absolute atomic E-state index is 12.0. The minimum atomic E-state index is -0.0822. The topological polar surface area (TPSA) is 41.6 Å². The Hall–Kier alpha value is -2.01. The zero-order valence-electron chi connectivity index (χ0n) is 11.6. The van der Waals surface area contributed by atoms with E-state index in [-0.39, 0.29) is 6.03 Å². The number of methoxy groups -OCH3 is 1. The van der Waals surface area contributed by atoms with Crippen LogP contribution in [0, 0.1) is 0 Å². The molecule has 106 valence electrons. The van der Waals surface area contributed by atoms with Crippen LogP contribution in [0.4, 0.5) is 4.79 Å². The Labute approximate surface area is 123 Å². The molecule has 0 aliphatic rings. The summed E-state index contributed by atoms with van der Waals surface area (Å²) in [5.74, 6) is 0.795. The van der Waals surface area contributed by atoms with Crippen LogP contribution in [0.5, 0.6) is 5.75 Å². The first-order valence-corrected chi connectivity index (χ1v) is 7.21. The molecule has 2 rings (SSSR count). The van der Waals surface area contributed by atoms with E-state index in [0.717, 1.165) is 11.3 Å². The van der Waals surface area contributed by atoms with E-state index in [4.69, 9.17) is 4.74 Å². The third kappa shape index (κ3) is 3.99. The highest BCUT2D eigenvalue weighted by atomic mass is 32.1. The first-order chi connectivity index (χ1) is 9.69. The van der Waals surface area contributed by atoms with Gasteiger partial charge in [0.2, 0.25) is 0 Å². The molecule has 0 unspecified atom stereocenters. The van der Waals surface area contributed by atoms with Gasteiger partial charge < -0.3 is 15.0 Å². The van der Waals surface area contributed by atoms with Gasteiger partial charge in [0.1, 0.15) is 5.75 Å². The number of hydrogen-bond donors (Lipinski definition) is 1. The molecule has 5 heteroatoms. The average molecular weight is 290 g/mol. The van der Waals surface area contributed by atoms with E-state index in [0.29, 0.717) is 13.1 Å². The fourth-order valence-electron chi connectivity index (χ4n) is 1.80. The van der Waals surface area contributed by atoms with Gasteiger partial charge in [-0.3, -0.25) is 0 Å². The minimum absolute atomic E-state index is 0.0822. The van der Waals surface area contributed by atoms with Crippen molar-refractivity contribution in [2.24, 2.45) is 0 Å². The molecule has 0 radical (unpaired) electrons. The summed E-state index contributed by atoms with van der Waals surface area (Å²) in [6, 6.07) is 11.6. The highest BCUT2D eigenvalue weighted by molar-refractivity contribution is 7.09. The molecule has 20 heavy (non-hydrogen) atoms. The number of nitrogens with one attached hydrogen (secondary N) is 1. The third-order valence-corrected chi connectivity index (χ3v) is 3.76. The Morgan fingerprint density at radius 2 is 2.20 bits per heavy atom. The van der Waals surface area contributed by atoms with Crippen LogP contribution in [0.15, 0.2) is 41.8 Å². The SMILES string of the molecule is COc1cccc(CNC(=O)N(C)Cc2cccs2)c1. The standard InChI is InChI=1S/C15H18N2O2S/c1-17(11-14-7-4-8-20-14)15(18)16-10-12-5-3-6-13(9-12)19-2/h3-9H,10-11H2,1-2H3,(H,16,18). The molecule has 0 saturated heterocycles. The van der Waals surface area contributed by atoms with Crippen molar-refractivity contribution in [3.8, 4) is 5.75 Å². The van der Waals surface area contributed by atoms with Crippen LogP contribution in [0.2, 0.25) is 0 Å². The van der Waals surface area contributed by atoms with Crippen molar-refractivity contribution in [3.63, 3.8) is 0 Å². The molecule has 1 heterocycles. The van der Waals surface area contributed by atoms with E-state index in [2.05, 4.69) is 5.32 Å². The Morgan fingerprint density at radius 3 is 2.90 bits per heavy atom. The Bertz CT molecular complexity index is 555. The highest BCUT2D eigenvalue weighted by Crippen LogP contribution is 2.13. The first-order valence-electron chi connectivity index (χ1n) is 6.33. The smallest absolute Gasteiger partial charge is 0.317 e. The van der Waals surface area contributed by atoms with E-state index in [1.54, 1.807) is 30.4 Å². The van der Waals surface area contributed by atoms with Crippen LogP contribution in [0.1, 0.15) is 10.4 Å². The minimum Gasteiger partial charge on any atom is -0.497 e. The molecule has 0 atom stereocenters. The van der Waals surface area contributed by atoms with E-state index < -0.39 is 0 Å². The van der Waals surface area contributed by atoms with Crippen LogP contribution < -0.4 is 10.1 Å². The number of amides is 2. The summed E-state index contributed by atoms with van der Waals surface area (Å²) >= 11 is 1.65. The van der Waals surface area contributed by atoms with Gasteiger partial charge in [0.05, 0.1) is 13.7 Å². The van der Waals surface area contributed by atoms with E-state index >= 15 is 0 Å². The Balaban J connectivity index is 1.84. The lowest BCUT2D eigenvalue weighted by molar-refractivity contribution is 0.207. The summed E-state index contributed by atoms with van der Waals surface area (Å²) < 4.78 is 5.16. The summed E-state index contributed by atoms with van der Waals surface area (Å²) in [5, 5.41) is 4.91. The van der Waals surface area contributed by atoms with Crippen molar-refractivity contribution in [1.82, 2.24) is 10.2 Å². The number of benzene rings is 1. The number of thiophene rings is 1. The lowest BCUT2D eigenvalue weighted by atomic mass is 10.2. The number of rotatable bonds is 5. The summed E-state index contributed by atoms with van der Waals surface area (Å²) in [4.78, 5) is 14.8. The van der Waals surface area contributed by atoms with Gasteiger partial charge in [0.15, 0.2) is 0 Å². The number of urea groups is 1. The highest BCUT2D eigenvalue weighted by Gasteiger charge is 2.09. The van der Waals surface area contributed by atoms with Gasteiger partial charge in [-0.25, -0.2) is 4.79 Å². The summed E-state index contributed by atoms with van der Waals surface area (Å²) in [5.41, 5.74) is 1.02. The Kier molecular flexibility index (Phi) is 5.01. The number of ether oxygens (including phenoxy) is 1. The van der Waals surface area contributed by atoms with Crippen LogP contribution in [-0.2, 0) is 13.1 Å². The molecule has 4 nitrogen and oxygen atoms in total. The lowest BCUT2D eigenvalue weighted by Crippen LogP contribution is -2.36. The maximum atomic E-state index is 12.0. The molecule has 0 saturated carbocycles. The monoisotopic (exact) mass is 290 g/mol. The predicted molar refractivity (Wildman–Crippen MR) is 81.0 cm³/mol. The number of nitrogens with zero attached hydrogens (tertiary/aromatic N) is 1. The van der Waals surface area contributed by atoms with Gasteiger partial charge in [-0.15, -0.1) is 11.3 Å². The van der Waals surface area contributed by atoms with Crippen molar-refractivity contribution in [2.75, 3.05) is 14.2 Å². The van der Waals surface area contributed by atoms with E-state index in [1.165, 1.54) is 4.88 Å². The lowest BCUT2D eigenvalue weighted by Gasteiger charge is -2.17. The second-order valence-electron chi connectivity index (χ2n) is 4.45. The molecule has 0 aliphatic carbocycles. The van der Waals surface area contributed by atoms with Crippen LogP contribution in [0.3, 0.4) is 0 Å². The maximum Gasteiger partial charge on any atom is 0.317 e. The molecule has 0 bridgehead atoms. The molecule has 1 aromatic carbocycles. The van der Waals surface area contributed by atoms with Crippen molar-refractivity contribution >= 4 is 17.4 Å². The van der Waals surface area contributed by atoms with E-state index in [9.17, 15) is 4.79 Å². The fraction of sp³-hybridized carbons (Fsp3) is 0.267. The molecule has 0 aliphatic heterocycles. The second kappa shape index (κ2) is 6.96. The molecule has 1 N–H and O–H groups in total. The first kappa shape index (κ1) is 14.4. The predicted octanol–water partition coefficient (Wildman–Crippen LogP) is 3.10. The van der Waals surface area contributed by atoms with Gasteiger partial charge >= 0.3 is 6.03 Å². The second-order valence-corrected chi connectivity index (χ2v) is 5.48. The molecule has 0 spiro atoms. The van der Waals surface area contributed by atoms with Gasteiger partial charge in [0, 0.05) is 18.5 Å². The zero-order chi connectivity index (χ0) is 14.4. The molecule has 2 aromatic rings. The molecule has 0 fully saturated rings. The largest absolute Gasteiger partial charge is 0.497 e. The van der Waals surface area contributed by atoms with E-state index in [1.807, 2.05) is 41.8 Å². The van der Waals surface area contributed by atoms with Gasteiger partial charge in [-0.1, -0.05) is 18.2 Å². The van der Waals surface area contributed by atoms with Crippen molar-refractivity contribution in [3.05, 3.63) is 52.2 Å². The van der Waals surface area contributed by atoms with Crippen molar-refractivity contribution in [2.45, 2.75) is 13.1 Å². The summed E-state index contributed by atoms with van der Waals surface area (Å²) in [6.07, 6.45) is 0. The number of carbonyl (C=O) groups excluding carboxylic acids is 1. The summed E-state index contributed by atoms with van der Waals surface area (Å²) in [7, 11) is 3.42. The molecular weight excluding hydrogens is 272 g/mol. The average Bonchev–Trinajstić information content (AvgIpc) is 2.97. The molecular formula is C15H18N2O2S. The van der Waals surface area contributed by atoms with Crippen molar-refractivity contribution in [1.29, 1.82) is 0 Å². The van der Waals surface area contributed by atoms with Crippen LogP contribution in [0.25, 0.3) is 0 Å². The quantitative estimate of drug-likeness (QED) is 0.919. The molecule has 1 aromatic heterocycles. The van der Waals surface area contributed by atoms with Gasteiger partial charge in [-0.05, 0) is 29.1 Å². The van der Waals surface area contributed by atoms with Gasteiger partial charge in [-0.2, -0.15) is 0 Å².